The molecule has 2 unspecified atom stereocenters. The standard InChI is InChI=1S/C11H15Br2NO2/c1-15-3-2-14-6-7-4-8(7)10-5-9(12)11(13)16-10/h5,7-8,14H,2-4,6H2,1H3. The summed E-state index contributed by atoms with van der Waals surface area (Å²) in [7, 11) is 1.72. The van der Waals surface area contributed by atoms with Crippen molar-refractivity contribution >= 4 is 31.9 Å². The minimum Gasteiger partial charge on any atom is -0.453 e. The van der Waals surface area contributed by atoms with Crippen LogP contribution in [0.5, 0.6) is 0 Å². The van der Waals surface area contributed by atoms with E-state index in [2.05, 4.69) is 43.2 Å². The lowest BCUT2D eigenvalue weighted by atomic mass is 10.2. The largest absolute Gasteiger partial charge is 0.453 e. The molecule has 16 heavy (non-hydrogen) atoms. The van der Waals surface area contributed by atoms with Crippen molar-refractivity contribution in [1.29, 1.82) is 0 Å². The fourth-order valence-corrected chi connectivity index (χ4v) is 2.44. The molecule has 1 aromatic rings. The fourth-order valence-electron chi connectivity index (χ4n) is 1.83. The summed E-state index contributed by atoms with van der Waals surface area (Å²) in [5.74, 6) is 2.37. The normalized spacial score (nSPS) is 23.7. The monoisotopic (exact) mass is 351 g/mol. The van der Waals surface area contributed by atoms with E-state index in [9.17, 15) is 0 Å². The second-order valence-corrected chi connectivity index (χ2v) is 5.64. The molecule has 0 radical (unpaired) electrons. The molecule has 3 nitrogen and oxygen atoms in total. The third kappa shape index (κ3) is 3.09. The highest BCUT2D eigenvalue weighted by molar-refractivity contribution is 9.13. The molecule has 0 aliphatic heterocycles. The van der Waals surface area contributed by atoms with Gasteiger partial charge in [0.05, 0.1) is 11.1 Å². The van der Waals surface area contributed by atoms with E-state index in [0.717, 1.165) is 34.6 Å². The summed E-state index contributed by atoms with van der Waals surface area (Å²) in [6.45, 7) is 2.74. The van der Waals surface area contributed by atoms with Crippen molar-refractivity contribution < 1.29 is 9.15 Å². The molecule has 1 aliphatic rings. The minimum atomic E-state index is 0.581. The average molecular weight is 353 g/mol. The van der Waals surface area contributed by atoms with Gasteiger partial charge in [-0.15, -0.1) is 0 Å². The summed E-state index contributed by atoms with van der Waals surface area (Å²) in [5.41, 5.74) is 0. The van der Waals surface area contributed by atoms with Gasteiger partial charge in [0.25, 0.3) is 0 Å². The van der Waals surface area contributed by atoms with Crippen molar-refractivity contribution in [3.63, 3.8) is 0 Å². The highest BCUT2D eigenvalue weighted by Crippen LogP contribution is 2.49. The van der Waals surface area contributed by atoms with Gasteiger partial charge in [0.1, 0.15) is 5.76 Å². The van der Waals surface area contributed by atoms with Gasteiger partial charge in [-0.25, -0.2) is 0 Å². The lowest BCUT2D eigenvalue weighted by Crippen LogP contribution is -2.21. The first-order valence-corrected chi connectivity index (χ1v) is 6.95. The van der Waals surface area contributed by atoms with E-state index in [1.165, 1.54) is 6.42 Å². The molecule has 1 heterocycles. The number of halogens is 2. The van der Waals surface area contributed by atoms with Crippen LogP contribution in [0.15, 0.2) is 19.6 Å². The van der Waals surface area contributed by atoms with E-state index in [0.29, 0.717) is 11.8 Å². The van der Waals surface area contributed by atoms with Crippen LogP contribution in [0.2, 0.25) is 0 Å². The van der Waals surface area contributed by atoms with Gasteiger partial charge in [0, 0.05) is 19.6 Å². The molecule has 5 heteroatoms. The lowest BCUT2D eigenvalue weighted by molar-refractivity contribution is 0.199. The molecule has 1 saturated carbocycles. The van der Waals surface area contributed by atoms with Crippen molar-refractivity contribution in [1.82, 2.24) is 5.32 Å². The van der Waals surface area contributed by atoms with Crippen LogP contribution in [0.3, 0.4) is 0 Å². The molecular weight excluding hydrogens is 338 g/mol. The number of hydrogen-bond acceptors (Lipinski definition) is 3. The van der Waals surface area contributed by atoms with Crippen LogP contribution in [-0.2, 0) is 4.74 Å². The van der Waals surface area contributed by atoms with Gasteiger partial charge in [-0.1, -0.05) is 0 Å². The first-order chi connectivity index (χ1) is 7.72. The Morgan fingerprint density at radius 2 is 2.38 bits per heavy atom. The molecule has 0 saturated heterocycles. The van der Waals surface area contributed by atoms with Gasteiger partial charge in [-0.05, 0) is 56.8 Å². The first kappa shape index (κ1) is 12.6. The number of methoxy groups -OCH3 is 1. The molecule has 0 spiro atoms. The zero-order valence-corrected chi connectivity index (χ0v) is 12.3. The van der Waals surface area contributed by atoms with Crippen molar-refractivity contribution in [2.45, 2.75) is 12.3 Å². The van der Waals surface area contributed by atoms with E-state index in [4.69, 9.17) is 9.15 Å². The Balaban J connectivity index is 1.74. The van der Waals surface area contributed by atoms with E-state index in [-0.39, 0.29) is 0 Å². The van der Waals surface area contributed by atoms with Gasteiger partial charge in [-0.2, -0.15) is 0 Å². The number of hydrogen-bond donors (Lipinski definition) is 1. The number of ether oxygens (including phenoxy) is 1. The third-order valence-corrected chi connectivity index (χ3v) is 4.55. The highest BCUT2D eigenvalue weighted by Gasteiger charge is 2.40. The van der Waals surface area contributed by atoms with E-state index in [1.807, 2.05) is 0 Å². The van der Waals surface area contributed by atoms with Gasteiger partial charge in [-0.3, -0.25) is 0 Å². The van der Waals surface area contributed by atoms with Gasteiger partial charge < -0.3 is 14.5 Å². The second-order valence-electron chi connectivity index (χ2n) is 4.07. The zero-order valence-electron chi connectivity index (χ0n) is 9.13. The molecule has 1 aromatic heterocycles. The smallest absolute Gasteiger partial charge is 0.183 e. The molecule has 1 fully saturated rings. The number of rotatable bonds is 6. The molecule has 0 aromatic carbocycles. The summed E-state index contributed by atoms with van der Waals surface area (Å²) in [6.07, 6.45) is 1.21. The maximum atomic E-state index is 5.61. The van der Waals surface area contributed by atoms with Crippen LogP contribution in [0, 0.1) is 5.92 Å². The SMILES string of the molecule is COCCNCC1CC1c1cc(Br)c(Br)o1. The van der Waals surface area contributed by atoms with E-state index in [1.54, 1.807) is 7.11 Å². The highest BCUT2D eigenvalue weighted by atomic mass is 79.9. The van der Waals surface area contributed by atoms with Crippen LogP contribution in [0.25, 0.3) is 0 Å². The van der Waals surface area contributed by atoms with Crippen LogP contribution in [0.1, 0.15) is 18.1 Å². The average Bonchev–Trinajstić information content (AvgIpc) is 2.95. The molecule has 90 valence electrons. The fraction of sp³-hybridized carbons (Fsp3) is 0.636. The Kier molecular flexibility index (Phi) is 4.47. The topological polar surface area (TPSA) is 34.4 Å². The number of nitrogens with one attached hydrogen (secondary N) is 1. The van der Waals surface area contributed by atoms with E-state index >= 15 is 0 Å². The summed E-state index contributed by atoms with van der Waals surface area (Å²) in [6, 6.07) is 2.06. The molecule has 2 rings (SSSR count). The second kappa shape index (κ2) is 5.67. The van der Waals surface area contributed by atoms with Crippen molar-refractivity contribution in [2.75, 3.05) is 26.8 Å². The quantitative estimate of drug-likeness (QED) is 0.798. The molecule has 1 aliphatic carbocycles. The number of furan rings is 1. The summed E-state index contributed by atoms with van der Waals surface area (Å²) >= 11 is 6.79. The van der Waals surface area contributed by atoms with Crippen LogP contribution in [-0.4, -0.2) is 26.8 Å². The van der Waals surface area contributed by atoms with E-state index < -0.39 is 0 Å². The Morgan fingerprint density at radius 3 is 3.00 bits per heavy atom. The summed E-state index contributed by atoms with van der Waals surface area (Å²) < 4.78 is 12.4. The third-order valence-electron chi connectivity index (χ3n) is 2.84. The maximum Gasteiger partial charge on any atom is 0.183 e. The Hall–Kier alpha value is 0.160. The Morgan fingerprint density at radius 1 is 1.56 bits per heavy atom. The van der Waals surface area contributed by atoms with Crippen LogP contribution >= 0.6 is 31.9 Å². The van der Waals surface area contributed by atoms with Gasteiger partial charge >= 0.3 is 0 Å². The van der Waals surface area contributed by atoms with Gasteiger partial charge in [0.15, 0.2) is 4.67 Å². The Labute approximate surface area is 112 Å². The van der Waals surface area contributed by atoms with Crippen LogP contribution < -0.4 is 5.32 Å². The summed E-state index contributed by atoms with van der Waals surface area (Å²) in [4.78, 5) is 0. The van der Waals surface area contributed by atoms with Crippen molar-refractivity contribution in [2.24, 2.45) is 5.92 Å². The molecule has 0 bridgehead atoms. The summed E-state index contributed by atoms with van der Waals surface area (Å²) in [5, 5.41) is 3.38. The molecule has 0 amide bonds. The Bertz CT molecular complexity index is 334. The van der Waals surface area contributed by atoms with Crippen molar-refractivity contribution in [3.05, 3.63) is 21.0 Å². The van der Waals surface area contributed by atoms with Gasteiger partial charge in [0.2, 0.25) is 0 Å². The zero-order chi connectivity index (χ0) is 11.5. The molecule has 2 atom stereocenters. The minimum absolute atomic E-state index is 0.581. The molecule has 1 N–H and O–H groups in total. The first-order valence-electron chi connectivity index (χ1n) is 5.36. The predicted octanol–water partition coefficient (Wildman–Crippen LogP) is 3.14. The van der Waals surface area contributed by atoms with Crippen LogP contribution in [0.4, 0.5) is 0 Å². The lowest BCUT2D eigenvalue weighted by Gasteiger charge is -2.02. The predicted molar refractivity (Wildman–Crippen MR) is 69.7 cm³/mol. The molecular formula is C11H15Br2NO2. The van der Waals surface area contributed by atoms with Crippen molar-refractivity contribution in [3.8, 4) is 0 Å². The maximum absolute atomic E-state index is 5.61.